The molecule has 0 heterocycles. The molecular formula is C7H13ClN2. The maximum absolute atomic E-state index is 6.80. The first-order valence-corrected chi connectivity index (χ1v) is 3.61. The van der Waals surface area contributed by atoms with Crippen LogP contribution in [0, 0.1) is 11.3 Å². The molecule has 0 aromatic heterocycles. The number of rotatable bonds is 4. The Bertz CT molecular complexity index is 132. The minimum absolute atomic E-state index is 0.130. The van der Waals surface area contributed by atoms with Crippen molar-refractivity contribution in [1.82, 2.24) is 5.32 Å². The highest BCUT2D eigenvalue weighted by atomic mass is 35.5. The van der Waals surface area contributed by atoms with Crippen molar-refractivity contribution < 1.29 is 0 Å². The molecule has 0 aliphatic carbocycles. The van der Waals surface area contributed by atoms with Gasteiger partial charge in [-0.2, -0.15) is 0 Å². The summed E-state index contributed by atoms with van der Waals surface area (Å²) in [7, 11) is 0. The van der Waals surface area contributed by atoms with E-state index in [1.807, 2.05) is 13.8 Å². The lowest BCUT2D eigenvalue weighted by molar-refractivity contribution is 0.555. The molecule has 0 saturated carbocycles. The fourth-order valence-electron chi connectivity index (χ4n) is 0.385. The van der Waals surface area contributed by atoms with Crippen molar-refractivity contribution in [2.24, 2.45) is 5.92 Å². The van der Waals surface area contributed by atoms with Crippen molar-refractivity contribution in [2.75, 3.05) is 0 Å². The Labute approximate surface area is 66.8 Å². The van der Waals surface area contributed by atoms with Gasteiger partial charge in [0.2, 0.25) is 0 Å². The molecule has 2 N–H and O–H groups in total. The first kappa shape index (κ1) is 9.50. The predicted octanol–water partition coefficient (Wildman–Crippen LogP) is 1.96. The standard InChI is InChI=1S/C7H13ClN2/c1-5(2)7(8)10-6(3)4-9/h4-5,7,9-10H,3H2,1-2H3. The van der Waals surface area contributed by atoms with Crippen LogP contribution in [0.3, 0.4) is 0 Å². The highest BCUT2D eigenvalue weighted by Crippen LogP contribution is 2.06. The second-order valence-electron chi connectivity index (χ2n) is 2.46. The van der Waals surface area contributed by atoms with Crippen LogP contribution in [0.5, 0.6) is 0 Å². The van der Waals surface area contributed by atoms with Gasteiger partial charge < -0.3 is 10.7 Å². The summed E-state index contributed by atoms with van der Waals surface area (Å²) >= 11 is 5.81. The largest absolute Gasteiger partial charge is 0.368 e. The molecule has 0 aromatic rings. The van der Waals surface area contributed by atoms with Crippen LogP contribution < -0.4 is 5.32 Å². The van der Waals surface area contributed by atoms with Crippen LogP contribution in [0.4, 0.5) is 0 Å². The van der Waals surface area contributed by atoms with E-state index in [-0.39, 0.29) is 5.50 Å². The molecule has 1 unspecified atom stereocenters. The van der Waals surface area contributed by atoms with Gasteiger partial charge in [-0.25, -0.2) is 0 Å². The van der Waals surface area contributed by atoms with E-state index < -0.39 is 0 Å². The zero-order valence-corrected chi connectivity index (χ0v) is 7.07. The molecule has 0 bridgehead atoms. The van der Waals surface area contributed by atoms with Gasteiger partial charge in [0.15, 0.2) is 0 Å². The van der Waals surface area contributed by atoms with Crippen molar-refractivity contribution in [1.29, 1.82) is 5.41 Å². The Kier molecular flexibility index (Phi) is 4.12. The molecule has 0 fully saturated rings. The lowest BCUT2D eigenvalue weighted by atomic mass is 10.2. The smallest absolute Gasteiger partial charge is 0.104 e. The Balaban J connectivity index is 3.67. The van der Waals surface area contributed by atoms with Crippen molar-refractivity contribution in [3.05, 3.63) is 12.3 Å². The number of hydrogen-bond acceptors (Lipinski definition) is 2. The summed E-state index contributed by atoms with van der Waals surface area (Å²) in [6, 6.07) is 0. The molecule has 0 aromatic carbocycles. The van der Waals surface area contributed by atoms with Crippen molar-refractivity contribution in [3.8, 4) is 0 Å². The van der Waals surface area contributed by atoms with Crippen LogP contribution in [0.25, 0.3) is 0 Å². The minimum atomic E-state index is -0.130. The number of nitrogens with one attached hydrogen (secondary N) is 2. The molecule has 0 aliphatic heterocycles. The van der Waals surface area contributed by atoms with Gasteiger partial charge in [0.25, 0.3) is 0 Å². The van der Waals surface area contributed by atoms with E-state index in [9.17, 15) is 0 Å². The zero-order chi connectivity index (χ0) is 8.15. The molecular weight excluding hydrogens is 148 g/mol. The van der Waals surface area contributed by atoms with E-state index in [2.05, 4.69) is 11.9 Å². The van der Waals surface area contributed by atoms with Gasteiger partial charge in [0, 0.05) is 11.9 Å². The lowest BCUT2D eigenvalue weighted by Crippen LogP contribution is -2.27. The summed E-state index contributed by atoms with van der Waals surface area (Å²) in [6.07, 6.45) is 1.15. The third-order valence-corrected chi connectivity index (χ3v) is 1.70. The third kappa shape index (κ3) is 3.51. The average molecular weight is 161 g/mol. The van der Waals surface area contributed by atoms with E-state index in [1.165, 1.54) is 0 Å². The maximum atomic E-state index is 6.80. The molecule has 0 radical (unpaired) electrons. The molecule has 0 spiro atoms. The Morgan fingerprint density at radius 2 is 2.20 bits per heavy atom. The van der Waals surface area contributed by atoms with E-state index >= 15 is 0 Å². The van der Waals surface area contributed by atoms with Gasteiger partial charge >= 0.3 is 0 Å². The molecule has 0 aliphatic rings. The van der Waals surface area contributed by atoms with Crippen LogP contribution in [-0.4, -0.2) is 11.7 Å². The topological polar surface area (TPSA) is 35.9 Å². The van der Waals surface area contributed by atoms with Gasteiger partial charge in [-0.05, 0) is 5.92 Å². The van der Waals surface area contributed by atoms with Gasteiger partial charge in [-0.3, -0.25) is 0 Å². The first-order chi connectivity index (χ1) is 4.57. The summed E-state index contributed by atoms with van der Waals surface area (Å²) in [5.41, 5.74) is 0.419. The monoisotopic (exact) mass is 160 g/mol. The van der Waals surface area contributed by atoms with E-state index in [4.69, 9.17) is 17.0 Å². The lowest BCUT2D eigenvalue weighted by Gasteiger charge is -2.15. The van der Waals surface area contributed by atoms with E-state index in [0.29, 0.717) is 11.6 Å². The number of halogens is 1. The number of allylic oxidation sites excluding steroid dienone is 1. The van der Waals surface area contributed by atoms with Gasteiger partial charge in [-0.15, -0.1) is 0 Å². The molecule has 2 nitrogen and oxygen atoms in total. The SMILES string of the molecule is C=C(C=N)NC(Cl)C(C)C. The molecule has 3 heteroatoms. The highest BCUT2D eigenvalue weighted by molar-refractivity contribution is 6.20. The Morgan fingerprint density at radius 1 is 1.70 bits per heavy atom. The zero-order valence-electron chi connectivity index (χ0n) is 6.32. The predicted molar refractivity (Wildman–Crippen MR) is 45.5 cm³/mol. The number of hydrogen-bond donors (Lipinski definition) is 2. The first-order valence-electron chi connectivity index (χ1n) is 3.18. The van der Waals surface area contributed by atoms with Crippen LogP contribution in [0.1, 0.15) is 13.8 Å². The molecule has 0 rings (SSSR count). The normalized spacial score (nSPS) is 12.8. The molecule has 10 heavy (non-hydrogen) atoms. The van der Waals surface area contributed by atoms with Gasteiger partial charge in [0.05, 0.1) is 0 Å². The van der Waals surface area contributed by atoms with Crippen LogP contribution >= 0.6 is 11.6 Å². The van der Waals surface area contributed by atoms with Crippen LogP contribution in [0.2, 0.25) is 0 Å². The molecule has 58 valence electrons. The summed E-state index contributed by atoms with van der Waals surface area (Å²) in [5, 5.41) is 9.65. The number of alkyl halides is 1. The fourth-order valence-corrected chi connectivity index (χ4v) is 0.526. The quantitative estimate of drug-likeness (QED) is 0.368. The second kappa shape index (κ2) is 4.34. The molecule has 0 saturated heterocycles. The van der Waals surface area contributed by atoms with Gasteiger partial charge in [0.1, 0.15) is 5.50 Å². The second-order valence-corrected chi connectivity index (χ2v) is 2.93. The van der Waals surface area contributed by atoms with Crippen LogP contribution in [0.15, 0.2) is 12.3 Å². The van der Waals surface area contributed by atoms with Crippen molar-refractivity contribution in [3.63, 3.8) is 0 Å². The van der Waals surface area contributed by atoms with Crippen molar-refractivity contribution in [2.45, 2.75) is 19.3 Å². The fraction of sp³-hybridized carbons (Fsp3) is 0.571. The van der Waals surface area contributed by atoms with Gasteiger partial charge in [-0.1, -0.05) is 32.0 Å². The van der Waals surface area contributed by atoms with E-state index in [1.54, 1.807) is 0 Å². The summed E-state index contributed by atoms with van der Waals surface area (Å²) in [6.45, 7) is 7.56. The highest BCUT2D eigenvalue weighted by Gasteiger charge is 2.07. The summed E-state index contributed by atoms with van der Waals surface area (Å²) in [5.74, 6) is 0.346. The average Bonchev–Trinajstić information content (AvgIpc) is 1.87. The third-order valence-electron chi connectivity index (χ3n) is 1.08. The summed E-state index contributed by atoms with van der Waals surface area (Å²) in [4.78, 5) is 0. The minimum Gasteiger partial charge on any atom is -0.368 e. The van der Waals surface area contributed by atoms with Crippen LogP contribution in [-0.2, 0) is 0 Å². The summed E-state index contributed by atoms with van der Waals surface area (Å²) < 4.78 is 0. The van der Waals surface area contributed by atoms with E-state index in [0.717, 1.165) is 6.21 Å². The molecule has 0 amide bonds. The Morgan fingerprint density at radius 3 is 2.50 bits per heavy atom. The Hall–Kier alpha value is -0.500. The maximum Gasteiger partial charge on any atom is 0.104 e. The molecule has 1 atom stereocenters. The van der Waals surface area contributed by atoms with Crippen molar-refractivity contribution >= 4 is 17.8 Å².